The van der Waals surface area contributed by atoms with E-state index >= 15 is 0 Å². The van der Waals surface area contributed by atoms with E-state index in [1.807, 2.05) is 72.8 Å². The predicted molar refractivity (Wildman–Crippen MR) is 108 cm³/mol. The Morgan fingerprint density at radius 3 is 0.731 bits per heavy atom. The lowest BCUT2D eigenvalue weighted by Crippen LogP contribution is -1.79. The number of carbonyl (C=O) groups excluding carboxylic acids is 2. The van der Waals surface area contributed by atoms with E-state index in [0.29, 0.717) is 11.1 Å². The lowest BCUT2D eigenvalue weighted by Gasteiger charge is -1.98. The minimum Gasteiger partial charge on any atom is -0.298 e. The van der Waals surface area contributed by atoms with Gasteiger partial charge in [0.25, 0.3) is 0 Å². The van der Waals surface area contributed by atoms with Crippen LogP contribution < -0.4 is 0 Å². The Bertz CT molecular complexity index is 849. The highest BCUT2D eigenvalue weighted by molar-refractivity contribution is 5.78. The Kier molecular flexibility index (Phi) is 5.69. The molecule has 0 N–H and O–H groups in total. The van der Waals surface area contributed by atoms with Gasteiger partial charge >= 0.3 is 0 Å². The lowest BCUT2D eigenvalue weighted by atomic mass is 10.1. The average Bonchev–Trinajstić information content (AvgIpc) is 2.72. The van der Waals surface area contributed by atoms with Crippen LogP contribution in [0.5, 0.6) is 0 Å². The summed E-state index contributed by atoms with van der Waals surface area (Å²) in [5.74, 6) is 0. The molecule has 126 valence electrons. The zero-order valence-electron chi connectivity index (χ0n) is 14.2. The maximum atomic E-state index is 10.7. The molecule has 0 aromatic heterocycles. The molecule has 3 rings (SSSR count). The molecule has 0 aliphatic carbocycles. The lowest BCUT2D eigenvalue weighted by molar-refractivity contribution is 0.111. The van der Waals surface area contributed by atoms with Crippen LogP contribution in [-0.2, 0) is 0 Å². The molecular formula is C24H18O2. The van der Waals surface area contributed by atoms with Gasteiger partial charge < -0.3 is 0 Å². The molecule has 0 aliphatic heterocycles. The van der Waals surface area contributed by atoms with E-state index < -0.39 is 0 Å². The van der Waals surface area contributed by atoms with Gasteiger partial charge in [-0.2, -0.15) is 0 Å². The van der Waals surface area contributed by atoms with Gasteiger partial charge in [0, 0.05) is 11.1 Å². The highest BCUT2D eigenvalue weighted by Gasteiger charge is 1.93. The summed E-state index contributed by atoms with van der Waals surface area (Å²) in [5.41, 5.74) is 5.68. The summed E-state index contributed by atoms with van der Waals surface area (Å²) in [4.78, 5) is 21.3. The summed E-state index contributed by atoms with van der Waals surface area (Å²) in [6.07, 6.45) is 9.82. The molecule has 26 heavy (non-hydrogen) atoms. The largest absolute Gasteiger partial charge is 0.298 e. The van der Waals surface area contributed by atoms with Gasteiger partial charge in [-0.3, -0.25) is 9.59 Å². The second kappa shape index (κ2) is 8.54. The van der Waals surface area contributed by atoms with Crippen molar-refractivity contribution in [3.8, 4) is 0 Å². The Morgan fingerprint density at radius 2 is 0.538 bits per heavy atom. The van der Waals surface area contributed by atoms with Crippen molar-refractivity contribution < 1.29 is 9.59 Å². The van der Waals surface area contributed by atoms with Crippen molar-refractivity contribution in [2.24, 2.45) is 0 Å². The fraction of sp³-hybridized carbons (Fsp3) is 0. The van der Waals surface area contributed by atoms with Gasteiger partial charge in [-0.15, -0.1) is 0 Å². The third-order valence-electron chi connectivity index (χ3n) is 4.02. The summed E-state index contributed by atoms with van der Waals surface area (Å²) in [6.45, 7) is 0. The molecule has 0 radical (unpaired) electrons. The number of carbonyl (C=O) groups is 2. The molecule has 3 aromatic rings. The number of rotatable bonds is 6. The van der Waals surface area contributed by atoms with Crippen LogP contribution in [0.3, 0.4) is 0 Å². The van der Waals surface area contributed by atoms with Gasteiger partial charge in [-0.25, -0.2) is 0 Å². The van der Waals surface area contributed by atoms with Crippen LogP contribution in [0.1, 0.15) is 43.0 Å². The first-order chi connectivity index (χ1) is 12.8. The molecule has 2 nitrogen and oxygen atoms in total. The smallest absolute Gasteiger partial charge is 0.150 e. The van der Waals surface area contributed by atoms with E-state index in [4.69, 9.17) is 0 Å². The third kappa shape index (κ3) is 4.74. The van der Waals surface area contributed by atoms with Crippen LogP contribution in [0.4, 0.5) is 0 Å². The molecule has 2 heteroatoms. The molecular weight excluding hydrogens is 320 g/mol. The normalized spacial score (nSPS) is 11.1. The van der Waals surface area contributed by atoms with Crippen molar-refractivity contribution in [1.29, 1.82) is 0 Å². The third-order valence-corrected chi connectivity index (χ3v) is 4.02. The zero-order chi connectivity index (χ0) is 18.2. The van der Waals surface area contributed by atoms with Crippen molar-refractivity contribution in [2.45, 2.75) is 0 Å². The van der Waals surface area contributed by atoms with Crippen LogP contribution in [0.25, 0.3) is 24.3 Å². The van der Waals surface area contributed by atoms with E-state index in [-0.39, 0.29) is 0 Å². The van der Waals surface area contributed by atoms with Crippen molar-refractivity contribution >= 4 is 36.9 Å². The van der Waals surface area contributed by atoms with E-state index in [2.05, 4.69) is 24.3 Å². The van der Waals surface area contributed by atoms with Crippen molar-refractivity contribution in [3.63, 3.8) is 0 Å². The van der Waals surface area contributed by atoms with Crippen LogP contribution in [-0.4, -0.2) is 12.6 Å². The SMILES string of the molecule is O=Cc1ccc(C=Cc2ccc(C=Cc3ccc(C=O)cc3)cc2)cc1. The summed E-state index contributed by atoms with van der Waals surface area (Å²) >= 11 is 0. The van der Waals surface area contributed by atoms with E-state index in [0.717, 1.165) is 34.8 Å². The number of aldehydes is 2. The monoisotopic (exact) mass is 338 g/mol. The van der Waals surface area contributed by atoms with E-state index in [1.54, 1.807) is 0 Å². The molecule has 0 atom stereocenters. The standard InChI is InChI=1S/C24H18O2/c25-17-23-13-9-21(10-14-23)7-5-19-1-2-20(4-3-19)6-8-22-11-15-24(18-26)16-12-22/h1-18H. The minimum absolute atomic E-state index is 0.680. The quantitative estimate of drug-likeness (QED) is 0.430. The predicted octanol–water partition coefficient (Wildman–Crippen LogP) is 5.65. The minimum atomic E-state index is 0.680. The second-order valence-corrected chi connectivity index (χ2v) is 5.90. The fourth-order valence-electron chi connectivity index (χ4n) is 2.47. The number of hydrogen-bond acceptors (Lipinski definition) is 2. The maximum absolute atomic E-state index is 10.7. The molecule has 0 heterocycles. The highest BCUT2D eigenvalue weighted by atomic mass is 16.1. The summed E-state index contributed by atoms with van der Waals surface area (Å²) in [5, 5.41) is 0. The average molecular weight is 338 g/mol. The van der Waals surface area contributed by atoms with Gasteiger partial charge in [-0.05, 0) is 22.3 Å². The molecule has 0 unspecified atom stereocenters. The highest BCUT2D eigenvalue weighted by Crippen LogP contribution is 2.13. The molecule has 0 aliphatic rings. The molecule has 0 bridgehead atoms. The Hall–Kier alpha value is -3.52. The van der Waals surface area contributed by atoms with Crippen molar-refractivity contribution in [2.75, 3.05) is 0 Å². The molecule has 0 spiro atoms. The van der Waals surface area contributed by atoms with Crippen LogP contribution in [0, 0.1) is 0 Å². The Morgan fingerprint density at radius 1 is 0.346 bits per heavy atom. The first kappa shape index (κ1) is 17.3. The summed E-state index contributed by atoms with van der Waals surface area (Å²) < 4.78 is 0. The van der Waals surface area contributed by atoms with Crippen molar-refractivity contribution in [1.82, 2.24) is 0 Å². The van der Waals surface area contributed by atoms with Crippen LogP contribution >= 0.6 is 0 Å². The Labute approximate surface area is 153 Å². The molecule has 3 aromatic carbocycles. The topological polar surface area (TPSA) is 34.1 Å². The molecule has 0 fully saturated rings. The van der Waals surface area contributed by atoms with Gasteiger partial charge in [0.15, 0.2) is 0 Å². The molecule has 0 amide bonds. The zero-order valence-corrected chi connectivity index (χ0v) is 14.2. The maximum Gasteiger partial charge on any atom is 0.150 e. The van der Waals surface area contributed by atoms with E-state index in [1.165, 1.54) is 0 Å². The fourth-order valence-corrected chi connectivity index (χ4v) is 2.47. The number of hydrogen-bond donors (Lipinski definition) is 0. The van der Waals surface area contributed by atoms with E-state index in [9.17, 15) is 9.59 Å². The Balaban J connectivity index is 1.65. The second-order valence-electron chi connectivity index (χ2n) is 5.90. The number of benzene rings is 3. The first-order valence-corrected chi connectivity index (χ1v) is 8.33. The molecule has 0 saturated carbocycles. The summed E-state index contributed by atoms with van der Waals surface area (Å²) in [6, 6.07) is 23.2. The van der Waals surface area contributed by atoms with Gasteiger partial charge in [0.2, 0.25) is 0 Å². The first-order valence-electron chi connectivity index (χ1n) is 8.33. The molecule has 0 saturated heterocycles. The van der Waals surface area contributed by atoms with Gasteiger partial charge in [-0.1, -0.05) is 97.1 Å². The summed E-state index contributed by atoms with van der Waals surface area (Å²) in [7, 11) is 0. The van der Waals surface area contributed by atoms with Gasteiger partial charge in [0.05, 0.1) is 0 Å². The van der Waals surface area contributed by atoms with Gasteiger partial charge in [0.1, 0.15) is 12.6 Å². The van der Waals surface area contributed by atoms with Crippen LogP contribution in [0.2, 0.25) is 0 Å². The van der Waals surface area contributed by atoms with Crippen molar-refractivity contribution in [3.05, 3.63) is 106 Å². The van der Waals surface area contributed by atoms with Crippen LogP contribution in [0.15, 0.2) is 72.8 Å².